The van der Waals surface area contributed by atoms with Crippen molar-refractivity contribution in [1.29, 1.82) is 0 Å². The van der Waals surface area contributed by atoms with Gasteiger partial charge in [-0.2, -0.15) is 0 Å². The topological polar surface area (TPSA) is 50.4 Å². The van der Waals surface area contributed by atoms with Gasteiger partial charge in [-0.1, -0.05) is 36.8 Å². The van der Waals surface area contributed by atoms with Crippen LogP contribution in [0.5, 0.6) is 0 Å². The third-order valence-electron chi connectivity index (χ3n) is 3.86. The number of nitrogens with two attached hydrogens (primary N) is 1. The summed E-state index contributed by atoms with van der Waals surface area (Å²) < 4.78 is 0. The molecule has 0 atom stereocenters. The Hall–Kier alpha value is -1.51. The van der Waals surface area contributed by atoms with Crippen molar-refractivity contribution in [3.8, 4) is 0 Å². The molecule has 3 N–H and O–H groups in total. The zero-order valence-electron chi connectivity index (χ0n) is 12.0. The molecule has 0 unspecified atom stereocenters. The number of hydrogen-bond acceptors (Lipinski definition) is 1. The van der Waals surface area contributed by atoms with Crippen LogP contribution in [0.4, 0.5) is 0 Å². The van der Waals surface area contributed by atoms with Crippen LogP contribution in [0.15, 0.2) is 35.3 Å². The Labute approximate surface area is 116 Å². The molecule has 0 radical (unpaired) electrons. The van der Waals surface area contributed by atoms with Crippen LogP contribution in [-0.2, 0) is 6.42 Å². The van der Waals surface area contributed by atoms with E-state index in [1.54, 1.807) is 0 Å². The highest BCUT2D eigenvalue weighted by Crippen LogP contribution is 2.43. The van der Waals surface area contributed by atoms with Crippen LogP contribution >= 0.6 is 0 Å². The molecule has 0 aliphatic heterocycles. The number of guanidine groups is 1. The van der Waals surface area contributed by atoms with Gasteiger partial charge in [0.2, 0.25) is 0 Å². The average Bonchev–Trinajstić information content (AvgIpc) is 2.33. The molecule has 1 aromatic rings. The van der Waals surface area contributed by atoms with Gasteiger partial charge in [-0.15, -0.1) is 0 Å². The van der Waals surface area contributed by atoms with Crippen molar-refractivity contribution in [2.45, 2.75) is 45.6 Å². The minimum atomic E-state index is 0.338. The maximum absolute atomic E-state index is 5.89. The second kappa shape index (κ2) is 6.09. The number of hydrogen-bond donors (Lipinski definition) is 2. The second-order valence-electron chi connectivity index (χ2n) is 6.02. The summed E-state index contributed by atoms with van der Waals surface area (Å²) in [6.07, 6.45) is 4.97. The van der Waals surface area contributed by atoms with Crippen LogP contribution in [0.3, 0.4) is 0 Å². The Morgan fingerprint density at radius 2 is 2.00 bits per heavy atom. The molecule has 1 saturated carbocycles. The summed E-state index contributed by atoms with van der Waals surface area (Å²) in [5.41, 5.74) is 7.64. The van der Waals surface area contributed by atoms with Crippen molar-refractivity contribution in [3.05, 3.63) is 35.9 Å². The predicted molar refractivity (Wildman–Crippen MR) is 81.2 cm³/mol. The first-order valence-corrected chi connectivity index (χ1v) is 7.20. The van der Waals surface area contributed by atoms with Gasteiger partial charge in [0.1, 0.15) is 0 Å². The molecule has 0 amide bonds. The summed E-state index contributed by atoms with van der Waals surface area (Å²) in [6.45, 7) is 4.99. The fourth-order valence-corrected chi connectivity index (χ4v) is 2.69. The molecule has 3 heteroatoms. The molecule has 2 rings (SSSR count). The highest BCUT2D eigenvalue weighted by atomic mass is 15.1. The van der Waals surface area contributed by atoms with E-state index in [9.17, 15) is 0 Å². The lowest BCUT2D eigenvalue weighted by Gasteiger charge is -2.41. The summed E-state index contributed by atoms with van der Waals surface area (Å²) in [7, 11) is 0. The van der Waals surface area contributed by atoms with E-state index in [1.165, 1.54) is 24.8 Å². The maximum Gasteiger partial charge on any atom is 0.188 e. The van der Waals surface area contributed by atoms with Gasteiger partial charge in [-0.3, -0.25) is 4.99 Å². The first-order valence-electron chi connectivity index (χ1n) is 7.20. The van der Waals surface area contributed by atoms with Gasteiger partial charge in [-0.05, 0) is 44.1 Å². The summed E-state index contributed by atoms with van der Waals surface area (Å²) in [5.74, 6) is 0.578. The molecule has 104 valence electrons. The first kappa shape index (κ1) is 13.9. The molecule has 1 aromatic carbocycles. The van der Waals surface area contributed by atoms with E-state index < -0.39 is 0 Å². The van der Waals surface area contributed by atoms with E-state index in [-0.39, 0.29) is 0 Å². The largest absolute Gasteiger partial charge is 0.370 e. The quantitative estimate of drug-likeness (QED) is 0.631. The lowest BCUT2D eigenvalue weighted by atomic mass is 9.65. The third kappa shape index (κ3) is 3.98. The number of rotatable bonds is 5. The van der Waals surface area contributed by atoms with Gasteiger partial charge < -0.3 is 11.1 Å². The molecule has 1 aliphatic carbocycles. The Morgan fingerprint density at radius 1 is 1.32 bits per heavy atom. The molecule has 1 fully saturated rings. The molecule has 0 spiro atoms. The fraction of sp³-hybridized carbons (Fsp3) is 0.562. The molecule has 0 saturated heterocycles. The molecule has 1 aliphatic rings. The number of nitrogens with one attached hydrogen (secondary N) is 1. The summed E-state index contributed by atoms with van der Waals surface area (Å²) in [4.78, 5) is 4.54. The SMILES string of the molecule is CC(C)NC(N)=NCC1(Cc2ccccc2)CCC1. The minimum absolute atomic E-state index is 0.338. The lowest BCUT2D eigenvalue weighted by Crippen LogP contribution is -2.40. The number of aliphatic imine (C=N–C) groups is 1. The molecule has 0 bridgehead atoms. The first-order chi connectivity index (χ1) is 9.10. The van der Waals surface area contributed by atoms with Gasteiger partial charge in [-0.25, -0.2) is 0 Å². The zero-order chi connectivity index (χ0) is 13.7. The Morgan fingerprint density at radius 3 is 2.53 bits per heavy atom. The van der Waals surface area contributed by atoms with Crippen LogP contribution in [0.2, 0.25) is 0 Å². The monoisotopic (exact) mass is 259 g/mol. The summed E-state index contributed by atoms with van der Waals surface area (Å²) in [5, 5.41) is 3.16. The molecule has 19 heavy (non-hydrogen) atoms. The van der Waals surface area contributed by atoms with E-state index >= 15 is 0 Å². The Kier molecular flexibility index (Phi) is 4.46. The zero-order valence-corrected chi connectivity index (χ0v) is 12.0. The van der Waals surface area contributed by atoms with Crippen molar-refractivity contribution in [3.63, 3.8) is 0 Å². The average molecular weight is 259 g/mol. The van der Waals surface area contributed by atoms with Crippen LogP contribution < -0.4 is 11.1 Å². The summed E-state index contributed by atoms with van der Waals surface area (Å²) in [6, 6.07) is 11.0. The highest BCUT2D eigenvalue weighted by Gasteiger charge is 2.36. The van der Waals surface area contributed by atoms with Crippen molar-refractivity contribution in [2.24, 2.45) is 16.1 Å². The lowest BCUT2D eigenvalue weighted by molar-refractivity contribution is 0.145. The molecule has 0 aromatic heterocycles. The number of benzene rings is 1. The van der Waals surface area contributed by atoms with Crippen molar-refractivity contribution < 1.29 is 0 Å². The van der Waals surface area contributed by atoms with Crippen LogP contribution in [0, 0.1) is 5.41 Å². The van der Waals surface area contributed by atoms with Crippen molar-refractivity contribution >= 4 is 5.96 Å². The standard InChI is InChI=1S/C16H25N3/c1-13(2)19-15(17)18-12-16(9-6-10-16)11-14-7-4-3-5-8-14/h3-5,7-8,13H,6,9-12H2,1-2H3,(H3,17,18,19). The Balaban J connectivity index is 1.95. The van der Waals surface area contributed by atoms with Crippen molar-refractivity contribution in [1.82, 2.24) is 5.32 Å². The maximum atomic E-state index is 5.89. The van der Waals surface area contributed by atoms with E-state index in [0.717, 1.165) is 13.0 Å². The van der Waals surface area contributed by atoms with Gasteiger partial charge in [0.05, 0.1) is 0 Å². The highest BCUT2D eigenvalue weighted by molar-refractivity contribution is 5.78. The molecular formula is C16H25N3. The third-order valence-corrected chi connectivity index (χ3v) is 3.86. The van der Waals surface area contributed by atoms with Crippen LogP contribution in [0.1, 0.15) is 38.7 Å². The van der Waals surface area contributed by atoms with Crippen LogP contribution in [-0.4, -0.2) is 18.5 Å². The predicted octanol–water partition coefficient (Wildman–Crippen LogP) is 2.71. The fourth-order valence-electron chi connectivity index (χ4n) is 2.69. The van der Waals surface area contributed by atoms with Gasteiger partial charge in [0.15, 0.2) is 5.96 Å². The summed E-state index contributed by atoms with van der Waals surface area (Å²) >= 11 is 0. The van der Waals surface area contributed by atoms with E-state index in [0.29, 0.717) is 17.4 Å². The minimum Gasteiger partial charge on any atom is -0.370 e. The normalized spacial score (nSPS) is 18.2. The van der Waals surface area contributed by atoms with Gasteiger partial charge >= 0.3 is 0 Å². The Bertz CT molecular complexity index is 419. The van der Waals surface area contributed by atoms with E-state index in [2.05, 4.69) is 54.5 Å². The van der Waals surface area contributed by atoms with E-state index in [4.69, 9.17) is 5.73 Å². The molecule has 3 nitrogen and oxygen atoms in total. The van der Waals surface area contributed by atoms with Crippen LogP contribution in [0.25, 0.3) is 0 Å². The van der Waals surface area contributed by atoms with Crippen molar-refractivity contribution in [2.75, 3.05) is 6.54 Å². The molecular weight excluding hydrogens is 234 g/mol. The van der Waals surface area contributed by atoms with Gasteiger partial charge in [0, 0.05) is 12.6 Å². The number of nitrogens with zero attached hydrogens (tertiary/aromatic N) is 1. The second-order valence-corrected chi connectivity index (χ2v) is 6.02. The van der Waals surface area contributed by atoms with Gasteiger partial charge in [0.25, 0.3) is 0 Å². The molecule has 0 heterocycles. The smallest absolute Gasteiger partial charge is 0.188 e. The van der Waals surface area contributed by atoms with E-state index in [1.807, 2.05) is 0 Å².